The number of anilines is 1. The Morgan fingerprint density at radius 3 is 2.58 bits per heavy atom. The van der Waals surface area contributed by atoms with E-state index in [0.29, 0.717) is 13.1 Å². The molecule has 1 atom stereocenters. The maximum atomic E-state index is 14.0. The zero-order valence-corrected chi connectivity index (χ0v) is 10.7. The highest BCUT2D eigenvalue weighted by Gasteiger charge is 2.27. The van der Waals surface area contributed by atoms with Crippen LogP contribution >= 0.6 is 0 Å². The molecule has 0 saturated carbocycles. The molecule has 1 fully saturated rings. The summed E-state index contributed by atoms with van der Waals surface area (Å²) >= 11 is 0. The van der Waals surface area contributed by atoms with Gasteiger partial charge in [0.15, 0.2) is 11.6 Å². The molecule has 19 heavy (non-hydrogen) atoms. The maximum absolute atomic E-state index is 14.0. The second-order valence-electron chi connectivity index (χ2n) is 4.82. The summed E-state index contributed by atoms with van der Waals surface area (Å²) in [6.07, 6.45) is 3.59. The van der Waals surface area contributed by atoms with E-state index in [4.69, 9.17) is 11.0 Å². The van der Waals surface area contributed by atoms with Gasteiger partial charge in [0.25, 0.3) is 0 Å². The third kappa shape index (κ3) is 2.85. The molecule has 5 heteroatoms. The molecule has 0 aliphatic carbocycles. The van der Waals surface area contributed by atoms with Crippen molar-refractivity contribution in [3.63, 3.8) is 0 Å². The van der Waals surface area contributed by atoms with Crippen molar-refractivity contribution < 1.29 is 8.78 Å². The molecule has 2 rings (SSSR count). The fraction of sp³-hybridized carbons (Fsp3) is 0.500. The molecular weight excluding hydrogens is 248 g/mol. The SMILES string of the molecule is N#Cc1cc(F)c(N2CCCCC2CCN)c(F)c1. The molecule has 102 valence electrons. The van der Waals surface area contributed by atoms with Gasteiger partial charge in [-0.15, -0.1) is 0 Å². The second kappa shape index (κ2) is 5.98. The molecule has 0 aromatic heterocycles. The van der Waals surface area contributed by atoms with Gasteiger partial charge in [0.1, 0.15) is 5.69 Å². The van der Waals surface area contributed by atoms with Crippen molar-refractivity contribution >= 4 is 5.69 Å². The van der Waals surface area contributed by atoms with E-state index in [-0.39, 0.29) is 17.3 Å². The Hall–Kier alpha value is -1.67. The van der Waals surface area contributed by atoms with Gasteiger partial charge in [0.05, 0.1) is 11.6 Å². The summed E-state index contributed by atoms with van der Waals surface area (Å²) in [5.74, 6) is -1.33. The van der Waals surface area contributed by atoms with Gasteiger partial charge in [0, 0.05) is 12.6 Å². The second-order valence-corrected chi connectivity index (χ2v) is 4.82. The fourth-order valence-electron chi connectivity index (χ4n) is 2.69. The first-order valence-electron chi connectivity index (χ1n) is 6.53. The van der Waals surface area contributed by atoms with Gasteiger partial charge < -0.3 is 10.6 Å². The molecule has 0 amide bonds. The number of nitriles is 1. The molecule has 1 unspecified atom stereocenters. The molecule has 2 N–H and O–H groups in total. The first-order chi connectivity index (χ1) is 9.17. The first-order valence-corrected chi connectivity index (χ1v) is 6.53. The summed E-state index contributed by atoms with van der Waals surface area (Å²) < 4.78 is 28.1. The smallest absolute Gasteiger partial charge is 0.150 e. The zero-order valence-electron chi connectivity index (χ0n) is 10.7. The fourth-order valence-corrected chi connectivity index (χ4v) is 2.69. The molecule has 1 aliphatic rings. The molecule has 1 saturated heterocycles. The Bertz CT molecular complexity index is 471. The van der Waals surface area contributed by atoms with Crippen molar-refractivity contribution in [2.75, 3.05) is 18.0 Å². The predicted molar refractivity (Wildman–Crippen MR) is 69.7 cm³/mol. The van der Waals surface area contributed by atoms with Crippen molar-refractivity contribution in [1.82, 2.24) is 0 Å². The van der Waals surface area contributed by atoms with Crippen LogP contribution in [0, 0.1) is 23.0 Å². The lowest BCUT2D eigenvalue weighted by atomic mass is 9.98. The number of nitrogens with zero attached hydrogens (tertiary/aromatic N) is 2. The molecule has 3 nitrogen and oxygen atoms in total. The van der Waals surface area contributed by atoms with Crippen molar-refractivity contribution in [2.24, 2.45) is 5.73 Å². The van der Waals surface area contributed by atoms with Crippen LogP contribution in [-0.4, -0.2) is 19.1 Å². The van der Waals surface area contributed by atoms with Crippen LogP contribution in [0.4, 0.5) is 14.5 Å². The van der Waals surface area contributed by atoms with E-state index in [0.717, 1.165) is 37.8 Å². The minimum absolute atomic E-state index is 0.00568. The largest absolute Gasteiger partial charge is 0.364 e. The molecule has 1 aromatic rings. The third-order valence-corrected chi connectivity index (χ3v) is 3.56. The maximum Gasteiger partial charge on any atom is 0.150 e. The quantitative estimate of drug-likeness (QED) is 0.913. The number of halogens is 2. The summed E-state index contributed by atoms with van der Waals surface area (Å²) in [6.45, 7) is 1.13. The minimum atomic E-state index is -0.666. The van der Waals surface area contributed by atoms with E-state index in [1.54, 1.807) is 11.0 Å². The summed E-state index contributed by atoms with van der Waals surface area (Å²) in [6, 6.07) is 4.02. The minimum Gasteiger partial charge on any atom is -0.364 e. The van der Waals surface area contributed by atoms with Crippen LogP contribution in [0.5, 0.6) is 0 Å². The van der Waals surface area contributed by atoms with Crippen LogP contribution < -0.4 is 10.6 Å². The molecule has 0 radical (unpaired) electrons. The highest BCUT2D eigenvalue weighted by molar-refractivity contribution is 5.53. The highest BCUT2D eigenvalue weighted by Crippen LogP contribution is 2.31. The Kier molecular flexibility index (Phi) is 4.33. The van der Waals surface area contributed by atoms with Crippen molar-refractivity contribution in [2.45, 2.75) is 31.7 Å². The van der Waals surface area contributed by atoms with Crippen LogP contribution in [-0.2, 0) is 0 Å². The monoisotopic (exact) mass is 265 g/mol. The Morgan fingerprint density at radius 2 is 2.00 bits per heavy atom. The van der Waals surface area contributed by atoms with Crippen molar-refractivity contribution in [3.8, 4) is 6.07 Å². The van der Waals surface area contributed by atoms with E-state index < -0.39 is 11.6 Å². The van der Waals surface area contributed by atoms with E-state index in [1.807, 2.05) is 0 Å². The Morgan fingerprint density at radius 1 is 1.32 bits per heavy atom. The number of benzene rings is 1. The third-order valence-electron chi connectivity index (χ3n) is 3.56. The summed E-state index contributed by atoms with van der Waals surface area (Å²) in [5.41, 5.74) is 5.55. The predicted octanol–water partition coefficient (Wildman–Crippen LogP) is 2.54. The van der Waals surface area contributed by atoms with Crippen LogP contribution in [0.1, 0.15) is 31.2 Å². The number of hydrogen-bond donors (Lipinski definition) is 1. The van der Waals surface area contributed by atoms with Gasteiger partial charge in [-0.3, -0.25) is 0 Å². The summed E-state index contributed by atoms with van der Waals surface area (Å²) in [7, 11) is 0. The van der Waals surface area contributed by atoms with E-state index in [1.165, 1.54) is 0 Å². The number of nitrogens with two attached hydrogens (primary N) is 1. The van der Waals surface area contributed by atoms with Gasteiger partial charge >= 0.3 is 0 Å². The van der Waals surface area contributed by atoms with Gasteiger partial charge in [-0.25, -0.2) is 8.78 Å². The molecule has 0 spiro atoms. The van der Waals surface area contributed by atoms with Crippen LogP contribution in [0.2, 0.25) is 0 Å². The lowest BCUT2D eigenvalue weighted by Gasteiger charge is -2.37. The lowest BCUT2D eigenvalue weighted by Crippen LogP contribution is -2.41. The van der Waals surface area contributed by atoms with Crippen LogP contribution in [0.25, 0.3) is 0 Å². The number of rotatable bonds is 3. The standard InChI is InChI=1S/C14H17F2N3/c15-12-7-10(9-18)8-13(16)14(12)19-6-2-1-3-11(19)4-5-17/h7-8,11H,1-6,17H2. The van der Waals surface area contributed by atoms with Gasteiger partial charge in [0.2, 0.25) is 0 Å². The topological polar surface area (TPSA) is 53.0 Å². The van der Waals surface area contributed by atoms with Gasteiger partial charge in [-0.2, -0.15) is 5.26 Å². The lowest BCUT2D eigenvalue weighted by molar-refractivity contribution is 0.428. The average Bonchev–Trinajstić information content (AvgIpc) is 2.40. The first kappa shape index (κ1) is 13.8. The molecule has 1 heterocycles. The molecule has 0 bridgehead atoms. The van der Waals surface area contributed by atoms with E-state index in [9.17, 15) is 8.78 Å². The summed E-state index contributed by atoms with van der Waals surface area (Å²) in [5, 5.41) is 8.71. The normalized spacial score (nSPS) is 19.3. The number of piperidine rings is 1. The zero-order chi connectivity index (χ0) is 13.8. The number of hydrogen-bond acceptors (Lipinski definition) is 3. The van der Waals surface area contributed by atoms with Crippen LogP contribution in [0.3, 0.4) is 0 Å². The van der Waals surface area contributed by atoms with E-state index >= 15 is 0 Å². The van der Waals surface area contributed by atoms with Gasteiger partial charge in [-0.1, -0.05) is 0 Å². The molecule has 1 aliphatic heterocycles. The van der Waals surface area contributed by atoms with Crippen molar-refractivity contribution in [1.29, 1.82) is 5.26 Å². The molecular formula is C14H17F2N3. The van der Waals surface area contributed by atoms with Gasteiger partial charge in [-0.05, 0) is 44.4 Å². The Balaban J connectivity index is 2.36. The van der Waals surface area contributed by atoms with Crippen molar-refractivity contribution in [3.05, 3.63) is 29.3 Å². The molecule has 1 aromatic carbocycles. The van der Waals surface area contributed by atoms with E-state index in [2.05, 4.69) is 0 Å². The summed E-state index contributed by atoms with van der Waals surface area (Å²) in [4.78, 5) is 1.77. The highest BCUT2D eigenvalue weighted by atomic mass is 19.1. The average molecular weight is 265 g/mol. The van der Waals surface area contributed by atoms with Crippen LogP contribution in [0.15, 0.2) is 12.1 Å². The Labute approximate surface area is 111 Å².